The third-order valence-corrected chi connectivity index (χ3v) is 7.22. The van der Waals surface area contributed by atoms with Crippen LogP contribution in [0, 0.1) is 24.1 Å². The number of benzene rings is 3. The lowest BCUT2D eigenvalue weighted by Crippen LogP contribution is -2.33. The number of rotatable bonds is 9. The highest BCUT2D eigenvalue weighted by atomic mass is 79.9. The van der Waals surface area contributed by atoms with Gasteiger partial charge >= 0.3 is 0 Å². The van der Waals surface area contributed by atoms with Crippen molar-refractivity contribution in [1.29, 1.82) is 5.26 Å². The van der Waals surface area contributed by atoms with E-state index in [1.807, 2.05) is 6.07 Å². The van der Waals surface area contributed by atoms with Gasteiger partial charge < -0.3 is 20.3 Å². The molecule has 10 heteroatoms. The van der Waals surface area contributed by atoms with Crippen LogP contribution in [-0.4, -0.2) is 42.9 Å². The maximum atomic E-state index is 15.3. The first kappa shape index (κ1) is 28.6. The second-order valence-corrected chi connectivity index (χ2v) is 10.6. The number of carbonyl (C=O) groups excluding carboxylic acids is 2. The monoisotopic (exact) mass is 612 g/mol. The minimum atomic E-state index is -0.712. The molecule has 1 fully saturated rings. The molecule has 0 saturated carbocycles. The number of ether oxygens (including phenoxy) is 1. The van der Waals surface area contributed by atoms with Crippen LogP contribution >= 0.6 is 27.5 Å². The number of anilines is 1. The Kier molecular flexibility index (Phi) is 9.57. The topological polar surface area (TPSA) is 94.5 Å². The average molecular weight is 614 g/mol. The summed E-state index contributed by atoms with van der Waals surface area (Å²) in [5, 5.41) is 15.1. The first-order valence-corrected chi connectivity index (χ1v) is 13.7. The summed E-state index contributed by atoms with van der Waals surface area (Å²) in [5.74, 6) is -1.24. The minimum Gasteiger partial charge on any atom is -0.453 e. The van der Waals surface area contributed by atoms with E-state index in [2.05, 4.69) is 31.5 Å². The van der Waals surface area contributed by atoms with Crippen LogP contribution in [0.3, 0.4) is 0 Å². The summed E-state index contributed by atoms with van der Waals surface area (Å²) in [6.07, 6.45) is 2.17. The molecule has 0 aliphatic carbocycles. The van der Waals surface area contributed by atoms with E-state index >= 15 is 4.39 Å². The molecule has 1 saturated heterocycles. The molecule has 0 aromatic heterocycles. The number of likely N-dealkylation sites (tertiary alicyclic amines) is 1. The van der Waals surface area contributed by atoms with Gasteiger partial charge in [-0.2, -0.15) is 5.26 Å². The molecule has 2 N–H and O–H groups in total. The molecule has 0 bridgehead atoms. The van der Waals surface area contributed by atoms with Crippen molar-refractivity contribution in [2.24, 2.45) is 0 Å². The van der Waals surface area contributed by atoms with Crippen LogP contribution in [0.25, 0.3) is 0 Å². The number of amides is 2. The zero-order valence-electron chi connectivity index (χ0n) is 21.3. The molecule has 2 amide bonds. The Morgan fingerprint density at radius 2 is 1.92 bits per heavy atom. The first-order chi connectivity index (χ1) is 18.7. The summed E-state index contributed by atoms with van der Waals surface area (Å²) in [6, 6.07) is 14.5. The quantitative estimate of drug-likeness (QED) is 0.299. The van der Waals surface area contributed by atoms with Gasteiger partial charge in [0.25, 0.3) is 5.91 Å². The molecule has 7 nitrogen and oxygen atoms in total. The molecule has 0 radical (unpaired) electrons. The molecule has 4 rings (SSSR count). The highest BCUT2D eigenvalue weighted by Gasteiger charge is 2.18. The Bertz CT molecular complexity index is 1440. The van der Waals surface area contributed by atoms with Crippen LogP contribution in [0.2, 0.25) is 5.02 Å². The van der Waals surface area contributed by atoms with Crippen LogP contribution in [0.1, 0.15) is 39.9 Å². The Morgan fingerprint density at radius 1 is 1.15 bits per heavy atom. The van der Waals surface area contributed by atoms with E-state index in [-0.39, 0.29) is 40.0 Å². The predicted molar refractivity (Wildman–Crippen MR) is 152 cm³/mol. The fourth-order valence-corrected chi connectivity index (χ4v) is 4.97. The van der Waals surface area contributed by atoms with Crippen molar-refractivity contribution in [2.45, 2.75) is 26.2 Å². The summed E-state index contributed by atoms with van der Waals surface area (Å²) in [5.41, 5.74) is 2.15. The number of hydrogen-bond acceptors (Lipinski definition) is 5. The van der Waals surface area contributed by atoms with Crippen LogP contribution in [0.4, 0.5) is 10.1 Å². The number of carbonyl (C=O) groups is 2. The highest BCUT2D eigenvalue weighted by molar-refractivity contribution is 9.10. The van der Waals surface area contributed by atoms with Crippen LogP contribution in [0.15, 0.2) is 53.0 Å². The summed E-state index contributed by atoms with van der Waals surface area (Å²) < 4.78 is 21.4. The zero-order valence-corrected chi connectivity index (χ0v) is 23.7. The van der Waals surface area contributed by atoms with Crippen molar-refractivity contribution in [1.82, 2.24) is 10.2 Å². The Hall–Kier alpha value is -3.45. The number of aryl methyl sites for hydroxylation is 1. The van der Waals surface area contributed by atoms with Gasteiger partial charge in [-0.3, -0.25) is 9.59 Å². The van der Waals surface area contributed by atoms with E-state index in [1.165, 1.54) is 37.1 Å². The smallest absolute Gasteiger partial charge is 0.251 e. The summed E-state index contributed by atoms with van der Waals surface area (Å²) in [6.45, 7) is 5.36. The van der Waals surface area contributed by atoms with Crippen molar-refractivity contribution < 1.29 is 18.7 Å². The van der Waals surface area contributed by atoms with Gasteiger partial charge in [0.15, 0.2) is 11.6 Å². The molecule has 3 aromatic carbocycles. The van der Waals surface area contributed by atoms with Gasteiger partial charge in [-0.15, -0.1) is 0 Å². The molecule has 3 aromatic rings. The van der Waals surface area contributed by atoms with Crippen LogP contribution in [-0.2, 0) is 11.2 Å². The van der Waals surface area contributed by atoms with Crippen molar-refractivity contribution in [3.63, 3.8) is 0 Å². The van der Waals surface area contributed by atoms with E-state index < -0.39 is 11.7 Å². The molecule has 1 heterocycles. The van der Waals surface area contributed by atoms with Gasteiger partial charge in [-0.1, -0.05) is 17.7 Å². The molecular formula is C29H27BrClFN4O3. The second kappa shape index (κ2) is 13.1. The fourth-order valence-electron chi connectivity index (χ4n) is 4.36. The molecule has 0 unspecified atom stereocenters. The second-order valence-electron chi connectivity index (χ2n) is 9.30. The van der Waals surface area contributed by atoms with E-state index in [1.54, 1.807) is 31.2 Å². The number of nitrogens with zero attached hydrogens (tertiary/aromatic N) is 2. The largest absolute Gasteiger partial charge is 0.453 e. The van der Waals surface area contributed by atoms with Crippen molar-refractivity contribution in [2.75, 3.05) is 31.5 Å². The first-order valence-electron chi connectivity index (χ1n) is 12.5. The van der Waals surface area contributed by atoms with E-state index in [4.69, 9.17) is 21.6 Å². The Morgan fingerprint density at radius 3 is 2.64 bits per heavy atom. The molecule has 1 aliphatic rings. The Balaban J connectivity index is 1.39. The SMILES string of the molecule is Cc1cc(C(=O)NCCN2CCCC2)ccc1NC(=O)Cc1ccc(Br)c(Oc2cc(Cl)cc(C#N)c2)c1F. The van der Waals surface area contributed by atoms with Crippen molar-refractivity contribution in [3.8, 4) is 17.6 Å². The summed E-state index contributed by atoms with van der Waals surface area (Å²) in [7, 11) is 0. The molecule has 1 aliphatic heterocycles. The fraction of sp³-hybridized carbons (Fsp3) is 0.276. The van der Waals surface area contributed by atoms with Gasteiger partial charge in [0.1, 0.15) is 5.75 Å². The van der Waals surface area contributed by atoms with Gasteiger partial charge in [0, 0.05) is 34.9 Å². The van der Waals surface area contributed by atoms with Crippen molar-refractivity contribution >= 4 is 45.0 Å². The Labute approximate surface area is 240 Å². The average Bonchev–Trinajstić information content (AvgIpc) is 3.42. The third-order valence-electron chi connectivity index (χ3n) is 6.38. The van der Waals surface area contributed by atoms with E-state index in [0.29, 0.717) is 27.8 Å². The van der Waals surface area contributed by atoms with Gasteiger partial charge in [-0.25, -0.2) is 4.39 Å². The predicted octanol–water partition coefficient (Wildman–Crippen LogP) is 6.22. The number of hydrogen-bond donors (Lipinski definition) is 2. The number of halogens is 3. The maximum Gasteiger partial charge on any atom is 0.251 e. The van der Waals surface area contributed by atoms with Crippen LogP contribution < -0.4 is 15.4 Å². The molecular weight excluding hydrogens is 587 g/mol. The van der Waals surface area contributed by atoms with Gasteiger partial charge in [0.05, 0.1) is 22.5 Å². The standard InChI is InChI=1S/C29H27BrClFN4O3/c1-18-12-21(29(38)34-8-11-36-9-2-3-10-36)5-7-25(18)35-26(37)15-20-4-6-24(30)28(27(20)32)39-23-14-19(17-33)13-22(31)16-23/h4-7,12-14,16H,2-3,8-11,15H2,1H3,(H,34,38)(H,35,37). The highest BCUT2D eigenvalue weighted by Crippen LogP contribution is 2.35. The third kappa shape index (κ3) is 7.57. The van der Waals surface area contributed by atoms with Gasteiger partial charge in [0.2, 0.25) is 5.91 Å². The van der Waals surface area contributed by atoms with E-state index in [9.17, 15) is 9.59 Å². The van der Waals surface area contributed by atoms with E-state index in [0.717, 1.165) is 19.6 Å². The van der Waals surface area contributed by atoms with Gasteiger partial charge in [-0.05, 0) is 96.8 Å². The zero-order chi connectivity index (χ0) is 27.9. The minimum absolute atomic E-state index is 0.122. The maximum absolute atomic E-state index is 15.3. The molecule has 202 valence electrons. The lowest BCUT2D eigenvalue weighted by Gasteiger charge is -2.15. The molecule has 39 heavy (non-hydrogen) atoms. The lowest BCUT2D eigenvalue weighted by molar-refractivity contribution is -0.115. The lowest BCUT2D eigenvalue weighted by atomic mass is 10.1. The van der Waals surface area contributed by atoms with Crippen molar-refractivity contribution in [3.05, 3.63) is 86.1 Å². The number of nitrogens with one attached hydrogen (secondary N) is 2. The molecule has 0 spiro atoms. The summed E-state index contributed by atoms with van der Waals surface area (Å²) >= 11 is 9.30. The number of nitriles is 1. The molecule has 0 atom stereocenters. The van der Waals surface area contributed by atoms with Crippen LogP contribution in [0.5, 0.6) is 11.5 Å². The normalized spacial score (nSPS) is 13.1. The summed E-state index contributed by atoms with van der Waals surface area (Å²) in [4.78, 5) is 27.6.